The van der Waals surface area contributed by atoms with Crippen molar-refractivity contribution in [2.24, 2.45) is 0 Å². The van der Waals surface area contributed by atoms with E-state index in [1.54, 1.807) is 43.5 Å². The lowest BCUT2D eigenvalue weighted by atomic mass is 9.93. The van der Waals surface area contributed by atoms with Gasteiger partial charge in [-0.25, -0.2) is 4.79 Å². The summed E-state index contributed by atoms with van der Waals surface area (Å²) in [4.78, 5) is 27.5. The predicted molar refractivity (Wildman–Crippen MR) is 102 cm³/mol. The number of hydrogen-bond acceptors (Lipinski definition) is 2. The van der Waals surface area contributed by atoms with E-state index in [1.165, 1.54) is 10.6 Å². The molecule has 29 heavy (non-hydrogen) atoms. The molecule has 2 aromatic carbocycles. The van der Waals surface area contributed by atoms with E-state index in [-0.39, 0.29) is 11.6 Å². The SMILES string of the molecule is Cc1c[nH]c(=O)n1-c1cccc(NC(=O)C2(c3cccc(C(F)(F)F)c3)CC2)c1. The largest absolute Gasteiger partial charge is 0.416 e. The molecule has 1 saturated carbocycles. The number of halogens is 3. The molecular formula is C21H18F3N3O2. The molecule has 1 aliphatic rings. The Hall–Kier alpha value is -3.29. The molecule has 0 aliphatic heterocycles. The number of rotatable bonds is 4. The highest BCUT2D eigenvalue weighted by molar-refractivity contribution is 6.01. The fourth-order valence-electron chi connectivity index (χ4n) is 3.51. The van der Waals surface area contributed by atoms with Crippen LogP contribution in [0.2, 0.25) is 0 Å². The molecule has 0 bridgehead atoms. The molecule has 1 aliphatic carbocycles. The van der Waals surface area contributed by atoms with E-state index < -0.39 is 17.2 Å². The number of carbonyl (C=O) groups excluding carboxylic acids is 1. The molecule has 4 rings (SSSR count). The van der Waals surface area contributed by atoms with Gasteiger partial charge in [0.05, 0.1) is 16.7 Å². The summed E-state index contributed by atoms with van der Waals surface area (Å²) in [6, 6.07) is 11.7. The topological polar surface area (TPSA) is 66.9 Å². The van der Waals surface area contributed by atoms with Crippen LogP contribution in [0.25, 0.3) is 5.69 Å². The summed E-state index contributed by atoms with van der Waals surface area (Å²) in [6.45, 7) is 1.77. The molecule has 1 amide bonds. The molecule has 5 nitrogen and oxygen atoms in total. The Bertz CT molecular complexity index is 1140. The third-order valence-corrected chi connectivity index (χ3v) is 5.25. The monoisotopic (exact) mass is 401 g/mol. The molecular weight excluding hydrogens is 383 g/mol. The van der Waals surface area contributed by atoms with Crippen LogP contribution >= 0.6 is 0 Å². The van der Waals surface area contributed by atoms with Crippen molar-refractivity contribution in [3.8, 4) is 5.69 Å². The Morgan fingerprint density at radius 1 is 1.14 bits per heavy atom. The second kappa shape index (κ2) is 6.65. The number of hydrogen-bond donors (Lipinski definition) is 2. The van der Waals surface area contributed by atoms with Crippen molar-refractivity contribution >= 4 is 11.6 Å². The third kappa shape index (κ3) is 3.46. The van der Waals surface area contributed by atoms with Crippen LogP contribution < -0.4 is 11.0 Å². The highest BCUT2D eigenvalue weighted by atomic mass is 19.4. The van der Waals surface area contributed by atoms with Crippen LogP contribution in [0.4, 0.5) is 18.9 Å². The summed E-state index contributed by atoms with van der Waals surface area (Å²) in [5.41, 5.74) is 0.0958. The van der Waals surface area contributed by atoms with Crippen LogP contribution in [-0.4, -0.2) is 15.5 Å². The fraction of sp³-hybridized carbons (Fsp3) is 0.238. The van der Waals surface area contributed by atoms with E-state index in [0.29, 0.717) is 35.5 Å². The van der Waals surface area contributed by atoms with Crippen LogP contribution in [0.15, 0.2) is 59.5 Å². The minimum atomic E-state index is -4.46. The van der Waals surface area contributed by atoms with Gasteiger partial charge >= 0.3 is 11.9 Å². The molecule has 1 heterocycles. The molecule has 0 unspecified atom stereocenters. The van der Waals surface area contributed by atoms with Gasteiger partial charge in [0.25, 0.3) is 0 Å². The van der Waals surface area contributed by atoms with Crippen LogP contribution in [-0.2, 0) is 16.4 Å². The van der Waals surface area contributed by atoms with Crippen molar-refractivity contribution in [3.63, 3.8) is 0 Å². The Morgan fingerprint density at radius 2 is 1.86 bits per heavy atom. The summed E-state index contributed by atoms with van der Waals surface area (Å²) in [5.74, 6) is -0.355. The third-order valence-electron chi connectivity index (χ3n) is 5.25. The lowest BCUT2D eigenvalue weighted by molar-refractivity contribution is -0.137. The Labute approximate surface area is 164 Å². The number of nitrogens with one attached hydrogen (secondary N) is 2. The van der Waals surface area contributed by atoms with E-state index in [1.807, 2.05) is 0 Å². The standard InChI is InChI=1S/C21H18F3N3O2/c1-13-12-25-19(29)27(13)17-7-3-6-16(11-17)26-18(28)20(8-9-20)14-4-2-5-15(10-14)21(22,23)24/h2-7,10-12H,8-9H2,1H3,(H,25,29)(H,26,28). The first-order valence-electron chi connectivity index (χ1n) is 9.07. The number of H-pyrrole nitrogens is 1. The van der Waals surface area contributed by atoms with E-state index >= 15 is 0 Å². The summed E-state index contributed by atoms with van der Waals surface area (Å²) in [6.07, 6.45) is -1.91. The van der Waals surface area contributed by atoms with E-state index in [0.717, 1.165) is 12.1 Å². The quantitative estimate of drug-likeness (QED) is 0.689. The molecule has 150 valence electrons. The number of aromatic nitrogens is 2. The van der Waals surface area contributed by atoms with Crippen LogP contribution in [0.1, 0.15) is 29.7 Å². The van der Waals surface area contributed by atoms with Gasteiger partial charge in [0.2, 0.25) is 5.91 Å². The number of benzene rings is 2. The lowest BCUT2D eigenvalue weighted by Gasteiger charge is -2.18. The predicted octanol–water partition coefficient (Wildman–Crippen LogP) is 4.16. The number of imidazole rings is 1. The Kier molecular flexibility index (Phi) is 4.37. The van der Waals surface area contributed by atoms with Crippen molar-refractivity contribution in [2.75, 3.05) is 5.32 Å². The van der Waals surface area contributed by atoms with Gasteiger partial charge in [-0.3, -0.25) is 9.36 Å². The summed E-state index contributed by atoms with van der Waals surface area (Å²) in [7, 11) is 0. The second-order valence-corrected chi connectivity index (χ2v) is 7.24. The van der Waals surface area contributed by atoms with Crippen LogP contribution in [0, 0.1) is 6.92 Å². The first-order valence-corrected chi connectivity index (χ1v) is 9.07. The van der Waals surface area contributed by atoms with Crippen LogP contribution in [0.5, 0.6) is 0 Å². The zero-order chi connectivity index (χ0) is 20.8. The number of aromatic amines is 1. The Balaban J connectivity index is 1.61. The molecule has 0 atom stereocenters. The first-order chi connectivity index (χ1) is 13.7. The molecule has 2 N–H and O–H groups in total. The molecule has 8 heteroatoms. The molecule has 1 fully saturated rings. The zero-order valence-electron chi connectivity index (χ0n) is 15.5. The van der Waals surface area contributed by atoms with Gasteiger partial charge in [-0.15, -0.1) is 0 Å². The van der Waals surface area contributed by atoms with Crippen molar-refractivity contribution in [3.05, 3.63) is 82.0 Å². The van der Waals surface area contributed by atoms with Crippen molar-refractivity contribution in [1.82, 2.24) is 9.55 Å². The number of aryl methyl sites for hydroxylation is 1. The average Bonchev–Trinajstić information content (AvgIpc) is 3.42. The maximum Gasteiger partial charge on any atom is 0.416 e. The van der Waals surface area contributed by atoms with Gasteiger partial charge in [-0.1, -0.05) is 24.3 Å². The van der Waals surface area contributed by atoms with Crippen LogP contribution in [0.3, 0.4) is 0 Å². The van der Waals surface area contributed by atoms with Crippen molar-refractivity contribution < 1.29 is 18.0 Å². The van der Waals surface area contributed by atoms with Gasteiger partial charge in [0.1, 0.15) is 0 Å². The van der Waals surface area contributed by atoms with Crippen molar-refractivity contribution in [1.29, 1.82) is 0 Å². The van der Waals surface area contributed by atoms with E-state index in [2.05, 4.69) is 10.3 Å². The smallest absolute Gasteiger partial charge is 0.325 e. The molecule has 0 saturated heterocycles. The molecule has 3 aromatic rings. The summed E-state index contributed by atoms with van der Waals surface area (Å²) < 4.78 is 40.6. The minimum absolute atomic E-state index is 0.298. The number of amides is 1. The van der Waals surface area contributed by atoms with Gasteiger partial charge in [-0.05, 0) is 49.6 Å². The van der Waals surface area contributed by atoms with Gasteiger partial charge in [0.15, 0.2) is 0 Å². The highest BCUT2D eigenvalue weighted by Gasteiger charge is 2.51. The number of carbonyl (C=O) groups is 1. The molecule has 1 aromatic heterocycles. The van der Waals surface area contributed by atoms with E-state index in [9.17, 15) is 22.8 Å². The van der Waals surface area contributed by atoms with Gasteiger partial charge < -0.3 is 10.3 Å². The van der Waals surface area contributed by atoms with Crippen molar-refractivity contribution in [2.45, 2.75) is 31.4 Å². The molecule has 0 spiro atoms. The second-order valence-electron chi connectivity index (χ2n) is 7.24. The van der Waals surface area contributed by atoms with Gasteiger partial charge in [-0.2, -0.15) is 13.2 Å². The molecule has 0 radical (unpaired) electrons. The number of anilines is 1. The maximum absolute atomic E-state index is 13.0. The summed E-state index contributed by atoms with van der Waals surface area (Å²) >= 11 is 0. The van der Waals surface area contributed by atoms with E-state index in [4.69, 9.17) is 0 Å². The number of alkyl halides is 3. The van der Waals surface area contributed by atoms with Gasteiger partial charge in [0, 0.05) is 17.6 Å². The number of nitrogens with zero attached hydrogens (tertiary/aromatic N) is 1. The summed E-state index contributed by atoms with van der Waals surface area (Å²) in [5, 5.41) is 2.80. The Morgan fingerprint density at radius 3 is 2.48 bits per heavy atom. The normalized spacial score (nSPS) is 15.2. The maximum atomic E-state index is 13.0. The zero-order valence-corrected chi connectivity index (χ0v) is 15.5. The fourth-order valence-corrected chi connectivity index (χ4v) is 3.51. The first kappa shape index (κ1) is 19.0. The highest BCUT2D eigenvalue weighted by Crippen LogP contribution is 2.50. The lowest BCUT2D eigenvalue weighted by Crippen LogP contribution is -2.28. The average molecular weight is 401 g/mol. The minimum Gasteiger partial charge on any atom is -0.325 e.